The minimum Gasteiger partial charge on any atom is -0.302 e. The average Bonchev–Trinajstić information content (AvgIpc) is 1.30. The highest BCUT2D eigenvalue weighted by atomic mass is 32.7. The molecule has 44 valence electrons. The molecule has 0 amide bonds. The van der Waals surface area contributed by atoms with E-state index in [-0.39, 0.29) is 0 Å². The van der Waals surface area contributed by atoms with Gasteiger partial charge in [0, 0.05) is 0 Å². The molecule has 7 heteroatoms. The normalized spacial score (nSPS) is 13.6. The molecule has 1 unspecified atom stereocenters. The van der Waals surface area contributed by atoms with Gasteiger partial charge in [-0.15, -0.1) is 12.2 Å². The summed E-state index contributed by atoms with van der Waals surface area (Å²) in [5, 5.41) is 0. The van der Waals surface area contributed by atoms with E-state index in [4.69, 9.17) is 9.79 Å². The first-order valence-corrected chi connectivity index (χ1v) is 4.92. The van der Waals surface area contributed by atoms with E-state index in [2.05, 4.69) is 16.6 Å². The Bertz CT molecular complexity index is 83.7. The van der Waals surface area contributed by atoms with Crippen molar-refractivity contribution in [2.45, 2.75) is 0 Å². The first-order chi connectivity index (χ1) is 3.06. The van der Waals surface area contributed by atoms with Crippen molar-refractivity contribution < 1.29 is 18.7 Å². The minimum absolute atomic E-state index is 0.459. The highest BCUT2D eigenvalue weighted by Gasteiger charge is 2.10. The van der Waals surface area contributed by atoms with Gasteiger partial charge in [-0.1, -0.05) is 0 Å². The van der Waals surface area contributed by atoms with E-state index in [1.807, 2.05) is 0 Å². The maximum absolute atomic E-state index is 9.66. The molecule has 0 radical (unpaired) electrons. The molecule has 7 heavy (non-hydrogen) atoms. The van der Waals surface area contributed by atoms with Crippen molar-refractivity contribution >= 4 is 28.1 Å². The molecule has 4 nitrogen and oxygen atoms in total. The van der Waals surface area contributed by atoms with Crippen molar-refractivity contribution in [1.29, 1.82) is 0 Å². The largest absolute Gasteiger partial charge is 0.473 e. The number of thiol groups is 1. The van der Waals surface area contributed by atoms with Crippen molar-refractivity contribution in [3.8, 4) is 0 Å². The Morgan fingerprint density at radius 1 is 1.71 bits per heavy atom. The van der Waals surface area contributed by atoms with Gasteiger partial charge in [-0.05, 0) is 0 Å². The van der Waals surface area contributed by atoms with E-state index >= 15 is 0 Å². The van der Waals surface area contributed by atoms with E-state index in [0.29, 0.717) is 0 Å². The average molecular weight is 162 g/mol. The van der Waals surface area contributed by atoms with Gasteiger partial charge in [0.25, 0.3) is 0 Å². The Labute approximate surface area is 47.5 Å². The Morgan fingerprint density at radius 2 is 2.14 bits per heavy atom. The SMILES string of the molecule is O=P(O)(O)OPS. The standard InChI is InChI=1S/H4O4P2S/c1-6(2,3)4-5-7/h5,7H,(H2,1,2,3). The van der Waals surface area contributed by atoms with Crippen LogP contribution < -0.4 is 0 Å². The van der Waals surface area contributed by atoms with Crippen molar-refractivity contribution in [3.05, 3.63) is 0 Å². The molecular weight excluding hydrogens is 158 g/mol. The molecule has 0 fully saturated rings. The maximum Gasteiger partial charge on any atom is 0.473 e. The Hall–Kier alpha value is 0.890. The topological polar surface area (TPSA) is 66.8 Å². The first-order valence-electron chi connectivity index (χ1n) is 1.19. The maximum atomic E-state index is 9.66. The fourth-order valence-corrected chi connectivity index (χ4v) is 1.44. The van der Waals surface area contributed by atoms with Crippen molar-refractivity contribution in [1.82, 2.24) is 0 Å². The fourth-order valence-electron chi connectivity index (χ4n) is 0.0532. The van der Waals surface area contributed by atoms with Gasteiger partial charge in [0.1, 0.15) is 0 Å². The van der Waals surface area contributed by atoms with Gasteiger partial charge < -0.3 is 9.79 Å². The van der Waals surface area contributed by atoms with Gasteiger partial charge >= 0.3 is 7.82 Å². The lowest BCUT2D eigenvalue weighted by molar-refractivity contribution is 0.297. The zero-order valence-electron chi connectivity index (χ0n) is 3.11. The van der Waals surface area contributed by atoms with Crippen LogP contribution in [0.2, 0.25) is 0 Å². The molecule has 0 saturated heterocycles. The quantitative estimate of drug-likeness (QED) is 0.409. The van der Waals surface area contributed by atoms with Crippen LogP contribution in [0.4, 0.5) is 0 Å². The zero-order chi connectivity index (χ0) is 5.91. The Morgan fingerprint density at radius 3 is 2.14 bits per heavy atom. The van der Waals surface area contributed by atoms with Crippen LogP contribution in [0.3, 0.4) is 0 Å². The summed E-state index contributed by atoms with van der Waals surface area (Å²) in [6.07, 6.45) is 0. The van der Waals surface area contributed by atoms with Crippen molar-refractivity contribution in [2.24, 2.45) is 0 Å². The number of hydrogen-bond donors (Lipinski definition) is 3. The lowest BCUT2D eigenvalue weighted by Gasteiger charge is -1.97. The monoisotopic (exact) mass is 162 g/mol. The van der Waals surface area contributed by atoms with E-state index in [1.165, 1.54) is 0 Å². The van der Waals surface area contributed by atoms with E-state index in [9.17, 15) is 4.57 Å². The van der Waals surface area contributed by atoms with Gasteiger partial charge in [0.05, 0.1) is 8.01 Å². The molecule has 0 aromatic heterocycles. The smallest absolute Gasteiger partial charge is 0.302 e. The summed E-state index contributed by atoms with van der Waals surface area (Å²) in [6, 6.07) is 0. The van der Waals surface area contributed by atoms with Gasteiger partial charge in [-0.25, -0.2) is 4.57 Å². The molecule has 2 N–H and O–H groups in total. The molecule has 0 aromatic rings. The number of hydrogen-bond acceptors (Lipinski definition) is 3. The van der Waals surface area contributed by atoms with Crippen LogP contribution in [-0.4, -0.2) is 9.79 Å². The lowest BCUT2D eigenvalue weighted by atomic mass is 15.7. The second-order valence-electron chi connectivity index (χ2n) is 0.673. The van der Waals surface area contributed by atoms with Gasteiger partial charge in [0.2, 0.25) is 0 Å². The summed E-state index contributed by atoms with van der Waals surface area (Å²) in [4.78, 5) is 15.7. The van der Waals surface area contributed by atoms with Crippen molar-refractivity contribution in [2.75, 3.05) is 0 Å². The number of rotatable bonds is 2. The second-order valence-corrected chi connectivity index (χ2v) is 3.11. The summed E-state index contributed by atoms with van der Waals surface area (Å²) in [7, 11) is -4.69. The minimum atomic E-state index is -4.23. The van der Waals surface area contributed by atoms with Crippen LogP contribution in [0.1, 0.15) is 0 Å². The second kappa shape index (κ2) is 3.02. The van der Waals surface area contributed by atoms with E-state index in [0.717, 1.165) is 0 Å². The third kappa shape index (κ3) is 6.89. The van der Waals surface area contributed by atoms with Crippen LogP contribution in [0.5, 0.6) is 0 Å². The summed E-state index contributed by atoms with van der Waals surface area (Å²) < 4.78 is 13.4. The lowest BCUT2D eigenvalue weighted by Crippen LogP contribution is -1.71. The molecule has 0 saturated carbocycles. The van der Waals surface area contributed by atoms with Gasteiger partial charge in [-0.2, -0.15) is 0 Å². The Balaban J connectivity index is 3.36. The molecule has 0 heterocycles. The van der Waals surface area contributed by atoms with Crippen molar-refractivity contribution in [3.63, 3.8) is 0 Å². The summed E-state index contributed by atoms with van der Waals surface area (Å²) in [5.41, 5.74) is 0. The predicted octanol–water partition coefficient (Wildman–Crippen LogP) is 0.534. The van der Waals surface area contributed by atoms with Gasteiger partial charge in [-0.3, -0.25) is 4.31 Å². The van der Waals surface area contributed by atoms with E-state index in [1.54, 1.807) is 0 Å². The molecule has 0 aromatic carbocycles. The Kier molecular flexibility index (Phi) is 3.41. The van der Waals surface area contributed by atoms with Crippen LogP contribution in [-0.2, 0) is 8.88 Å². The third-order valence-electron chi connectivity index (χ3n) is 0.160. The molecule has 0 aliphatic carbocycles. The molecular formula is H4O4P2S. The molecule has 0 rings (SSSR count). The van der Waals surface area contributed by atoms with Crippen LogP contribution in [0.15, 0.2) is 0 Å². The highest BCUT2D eigenvalue weighted by molar-refractivity contribution is 8.37. The molecule has 0 bridgehead atoms. The molecule has 0 aliphatic rings. The molecule has 0 aliphatic heterocycles. The summed E-state index contributed by atoms with van der Waals surface area (Å²) in [6.45, 7) is 0. The van der Waals surface area contributed by atoms with Gasteiger partial charge in [0.15, 0.2) is 0 Å². The van der Waals surface area contributed by atoms with Crippen LogP contribution in [0.25, 0.3) is 0 Å². The summed E-state index contributed by atoms with van der Waals surface area (Å²) >= 11 is 3.43. The molecule has 1 atom stereocenters. The number of phosphoric acid groups is 1. The third-order valence-corrected chi connectivity index (χ3v) is 2.17. The fraction of sp³-hybridized carbons (Fsp3) is 0. The summed E-state index contributed by atoms with van der Waals surface area (Å²) in [5.74, 6) is 0. The van der Waals surface area contributed by atoms with Crippen LogP contribution >= 0.6 is 28.1 Å². The first kappa shape index (κ1) is 7.89. The predicted molar refractivity (Wildman–Crippen MR) is 30.4 cm³/mol. The molecule has 0 spiro atoms. The zero-order valence-corrected chi connectivity index (χ0v) is 5.89. The van der Waals surface area contributed by atoms with Crippen LogP contribution in [0, 0.1) is 0 Å². The highest BCUT2D eigenvalue weighted by Crippen LogP contribution is 2.44. The van der Waals surface area contributed by atoms with E-state index < -0.39 is 15.8 Å².